The van der Waals surface area contributed by atoms with Gasteiger partial charge in [0, 0.05) is 38.4 Å². The van der Waals surface area contributed by atoms with Crippen molar-refractivity contribution in [3.05, 3.63) is 175 Å². The smallest absolute Gasteiger partial charge is 0.161 e. The molecule has 50 heavy (non-hydrogen) atoms. The number of nitrogens with zero attached hydrogens (tertiary/aromatic N) is 3. The van der Waals surface area contributed by atoms with Crippen molar-refractivity contribution < 1.29 is 0 Å². The molecule has 0 saturated heterocycles. The van der Waals surface area contributed by atoms with Gasteiger partial charge < -0.3 is 4.57 Å². The molecule has 3 heteroatoms. The molecule has 0 N–H and O–H groups in total. The molecule has 2 heterocycles. The van der Waals surface area contributed by atoms with Gasteiger partial charge in [-0.3, -0.25) is 0 Å². The van der Waals surface area contributed by atoms with Crippen molar-refractivity contribution in [2.24, 2.45) is 0 Å². The molecule has 10 rings (SSSR count). The van der Waals surface area contributed by atoms with Gasteiger partial charge >= 0.3 is 0 Å². The molecule has 1 aliphatic rings. The van der Waals surface area contributed by atoms with Crippen LogP contribution in [0.3, 0.4) is 0 Å². The van der Waals surface area contributed by atoms with Crippen molar-refractivity contribution >= 4 is 32.7 Å². The second kappa shape index (κ2) is 10.8. The molecule has 0 amide bonds. The Morgan fingerprint density at radius 2 is 1.14 bits per heavy atom. The van der Waals surface area contributed by atoms with Crippen LogP contribution in [0.1, 0.15) is 25.0 Å². The summed E-state index contributed by atoms with van der Waals surface area (Å²) >= 11 is 0. The number of fused-ring (bicyclic) bond motifs is 7. The molecule has 7 aromatic carbocycles. The average Bonchev–Trinajstić information content (AvgIpc) is 3.63. The quantitative estimate of drug-likeness (QED) is 0.192. The molecule has 0 fully saturated rings. The number of rotatable bonds is 4. The van der Waals surface area contributed by atoms with Gasteiger partial charge in [0.15, 0.2) is 5.82 Å². The van der Waals surface area contributed by atoms with E-state index in [1.54, 1.807) is 0 Å². The molecule has 0 spiro atoms. The summed E-state index contributed by atoms with van der Waals surface area (Å²) in [7, 11) is 0. The number of aromatic nitrogens is 3. The summed E-state index contributed by atoms with van der Waals surface area (Å²) in [5.74, 6) is 0.724. The second-order valence-corrected chi connectivity index (χ2v) is 13.8. The lowest BCUT2D eigenvalue weighted by molar-refractivity contribution is 0.660. The van der Waals surface area contributed by atoms with E-state index in [0.29, 0.717) is 0 Å². The molecule has 9 aromatic rings. The maximum absolute atomic E-state index is 5.31. The lowest BCUT2D eigenvalue weighted by Crippen LogP contribution is -2.14. The molecule has 0 saturated carbocycles. The van der Waals surface area contributed by atoms with Gasteiger partial charge in [-0.2, -0.15) is 0 Å². The molecule has 1 aliphatic carbocycles. The third kappa shape index (κ3) is 4.23. The molecule has 0 aliphatic heterocycles. The summed E-state index contributed by atoms with van der Waals surface area (Å²) in [5.41, 5.74) is 15.2. The van der Waals surface area contributed by atoms with Gasteiger partial charge in [-0.05, 0) is 75.8 Å². The summed E-state index contributed by atoms with van der Waals surface area (Å²) in [6, 6.07) is 58.7. The summed E-state index contributed by atoms with van der Waals surface area (Å²) in [6.45, 7) is 4.67. The van der Waals surface area contributed by atoms with Crippen LogP contribution in [0, 0.1) is 0 Å². The van der Waals surface area contributed by atoms with E-state index in [2.05, 4.69) is 176 Å². The molecule has 0 unspecified atom stereocenters. The Morgan fingerprint density at radius 3 is 2.00 bits per heavy atom. The first-order chi connectivity index (χ1) is 24.6. The minimum Gasteiger partial charge on any atom is -0.309 e. The van der Waals surface area contributed by atoms with Crippen molar-refractivity contribution in [2.45, 2.75) is 19.3 Å². The van der Waals surface area contributed by atoms with Gasteiger partial charge in [-0.15, -0.1) is 0 Å². The maximum atomic E-state index is 5.31. The highest BCUT2D eigenvalue weighted by Gasteiger charge is 2.35. The zero-order valence-corrected chi connectivity index (χ0v) is 27.9. The highest BCUT2D eigenvalue weighted by molar-refractivity contribution is 6.16. The number of hydrogen-bond donors (Lipinski definition) is 0. The van der Waals surface area contributed by atoms with Crippen molar-refractivity contribution in [1.82, 2.24) is 14.5 Å². The Labute approximate surface area is 291 Å². The number of para-hydroxylation sites is 2. The van der Waals surface area contributed by atoms with Crippen molar-refractivity contribution in [3.63, 3.8) is 0 Å². The summed E-state index contributed by atoms with van der Waals surface area (Å²) < 4.78 is 2.37. The maximum Gasteiger partial charge on any atom is 0.161 e. The van der Waals surface area contributed by atoms with Crippen molar-refractivity contribution in [2.75, 3.05) is 0 Å². The summed E-state index contributed by atoms with van der Waals surface area (Å²) in [6.07, 6.45) is 0. The fourth-order valence-corrected chi connectivity index (χ4v) is 8.20. The Bertz CT molecular complexity index is 2770. The second-order valence-electron chi connectivity index (χ2n) is 13.8. The zero-order chi connectivity index (χ0) is 33.4. The van der Waals surface area contributed by atoms with Gasteiger partial charge in [0.05, 0.1) is 22.2 Å². The standard InChI is InChI=1S/C47H33N3/c1-47(2)39-21-11-9-18-34(39)37-28-31(24-26-40(37)47)32-25-27-42-38(29-32)44-36(20-13-23-43(44)50(42)33-16-7-4-8-17-33)46-48-41-22-12-10-19-35(41)45(49-46)30-14-5-3-6-15-30/h3-29H,1-2H3. The van der Waals surface area contributed by atoms with Crippen LogP contribution in [0.2, 0.25) is 0 Å². The number of hydrogen-bond acceptors (Lipinski definition) is 2. The van der Waals surface area contributed by atoms with Crippen LogP contribution in [0.5, 0.6) is 0 Å². The summed E-state index contributed by atoms with van der Waals surface area (Å²) in [5, 5.41) is 3.37. The molecule has 0 radical (unpaired) electrons. The van der Waals surface area contributed by atoms with E-state index in [-0.39, 0.29) is 5.41 Å². The van der Waals surface area contributed by atoms with Crippen LogP contribution < -0.4 is 0 Å². The molecule has 0 atom stereocenters. The third-order valence-electron chi connectivity index (χ3n) is 10.6. The lowest BCUT2D eigenvalue weighted by Gasteiger charge is -2.21. The number of benzene rings is 7. The lowest BCUT2D eigenvalue weighted by atomic mass is 9.82. The molecular formula is C47H33N3. The fraction of sp³-hybridized carbons (Fsp3) is 0.0638. The Morgan fingerprint density at radius 1 is 0.460 bits per heavy atom. The molecular weight excluding hydrogens is 607 g/mol. The fourth-order valence-electron chi connectivity index (χ4n) is 8.20. The van der Waals surface area contributed by atoms with E-state index in [1.807, 2.05) is 6.07 Å². The first-order valence-electron chi connectivity index (χ1n) is 17.3. The highest BCUT2D eigenvalue weighted by Crippen LogP contribution is 2.50. The van der Waals surface area contributed by atoms with Crippen LogP contribution in [0.4, 0.5) is 0 Å². The van der Waals surface area contributed by atoms with E-state index in [4.69, 9.17) is 9.97 Å². The normalized spacial score (nSPS) is 13.2. The van der Waals surface area contributed by atoms with E-state index < -0.39 is 0 Å². The monoisotopic (exact) mass is 639 g/mol. The van der Waals surface area contributed by atoms with E-state index in [9.17, 15) is 0 Å². The largest absolute Gasteiger partial charge is 0.309 e. The van der Waals surface area contributed by atoms with Crippen molar-refractivity contribution in [1.29, 1.82) is 0 Å². The van der Waals surface area contributed by atoms with E-state index >= 15 is 0 Å². The molecule has 236 valence electrons. The average molecular weight is 640 g/mol. The van der Waals surface area contributed by atoms with Crippen molar-refractivity contribution in [3.8, 4) is 50.6 Å². The minimum absolute atomic E-state index is 0.0229. The van der Waals surface area contributed by atoms with Crippen LogP contribution in [-0.4, -0.2) is 14.5 Å². The highest BCUT2D eigenvalue weighted by atomic mass is 15.0. The van der Waals surface area contributed by atoms with Gasteiger partial charge in [0.2, 0.25) is 0 Å². The van der Waals surface area contributed by atoms with Crippen LogP contribution in [0.15, 0.2) is 164 Å². The van der Waals surface area contributed by atoms with Gasteiger partial charge in [0.25, 0.3) is 0 Å². The van der Waals surface area contributed by atoms with Gasteiger partial charge in [-0.1, -0.05) is 135 Å². The predicted molar refractivity (Wildman–Crippen MR) is 208 cm³/mol. The Hall–Kier alpha value is -6.32. The Balaban J connectivity index is 1.24. The SMILES string of the molecule is CC1(C)c2ccccc2-c2cc(-c3ccc4c(c3)c3c(-c5nc(-c6ccccc6)c6ccccc6n5)cccc3n4-c3ccccc3)ccc21. The predicted octanol–water partition coefficient (Wildman–Crippen LogP) is 12.0. The van der Waals surface area contributed by atoms with Gasteiger partial charge in [-0.25, -0.2) is 9.97 Å². The molecule has 2 aromatic heterocycles. The van der Waals surface area contributed by atoms with Crippen LogP contribution in [0.25, 0.3) is 83.3 Å². The molecule has 0 bridgehead atoms. The van der Waals surface area contributed by atoms with Gasteiger partial charge in [0.1, 0.15) is 0 Å². The van der Waals surface area contributed by atoms with E-state index in [0.717, 1.165) is 55.7 Å². The summed E-state index contributed by atoms with van der Waals surface area (Å²) in [4.78, 5) is 10.5. The first-order valence-corrected chi connectivity index (χ1v) is 17.3. The topological polar surface area (TPSA) is 30.7 Å². The Kier molecular flexibility index (Phi) is 6.22. The minimum atomic E-state index is -0.0229. The van der Waals surface area contributed by atoms with Crippen LogP contribution in [-0.2, 0) is 5.41 Å². The zero-order valence-electron chi connectivity index (χ0n) is 27.9. The molecule has 3 nitrogen and oxygen atoms in total. The first kappa shape index (κ1) is 28.7. The third-order valence-corrected chi connectivity index (χ3v) is 10.6. The van der Waals surface area contributed by atoms with Crippen LogP contribution >= 0.6 is 0 Å². The van der Waals surface area contributed by atoms with E-state index in [1.165, 1.54) is 38.8 Å².